The van der Waals surface area contributed by atoms with Crippen LogP contribution in [0.4, 0.5) is 22.8 Å². The third-order valence-electron chi connectivity index (χ3n) is 6.85. The number of hydrogen-bond acceptors (Lipinski definition) is 6. The Balaban J connectivity index is 1.60. The highest BCUT2D eigenvalue weighted by Gasteiger charge is 2.66. The molecular formula is C23H27F3N4O6. The summed E-state index contributed by atoms with van der Waals surface area (Å²) < 4.78 is 44.8. The summed E-state index contributed by atoms with van der Waals surface area (Å²) in [6.45, 7) is 4.76. The fourth-order valence-electron chi connectivity index (χ4n) is 5.36. The maximum Gasteiger partial charge on any atom is 0.417 e. The number of nitrogens with one attached hydrogen (secondary N) is 1. The van der Waals surface area contributed by atoms with Gasteiger partial charge >= 0.3 is 18.4 Å². The summed E-state index contributed by atoms with van der Waals surface area (Å²) in [7, 11) is 0. The lowest BCUT2D eigenvalue weighted by Crippen LogP contribution is -2.52. The standard InChI is InChI=1S/C23H27F3N4O6/c1-21(2,3)36-19(33)28-15-7-14-11-30(20(34)35)18(32)22(14,8-15)17(31)29-5-4-16-12(10-29)6-13(9-27-16)23(24,25)26/h6,9,14-15H,4-5,7-8,10-11H2,1-3H3,(H,28,33)(H,34,35). The molecule has 3 aliphatic rings. The van der Waals surface area contributed by atoms with Crippen molar-refractivity contribution in [2.75, 3.05) is 13.1 Å². The van der Waals surface area contributed by atoms with E-state index in [1.165, 1.54) is 4.90 Å². The van der Waals surface area contributed by atoms with Crippen molar-refractivity contribution >= 4 is 24.0 Å². The molecule has 0 aromatic carbocycles. The highest BCUT2D eigenvalue weighted by Crippen LogP contribution is 2.51. The number of nitrogens with zero attached hydrogens (tertiary/aromatic N) is 3. The van der Waals surface area contributed by atoms with Gasteiger partial charge in [0.15, 0.2) is 0 Å². The van der Waals surface area contributed by atoms with Gasteiger partial charge in [0.05, 0.1) is 5.56 Å². The second-order valence-electron chi connectivity index (χ2n) is 10.5. The van der Waals surface area contributed by atoms with Crippen LogP contribution in [0.1, 0.15) is 50.4 Å². The molecule has 3 heterocycles. The Morgan fingerprint density at radius 1 is 1.25 bits per heavy atom. The Kier molecular flexibility index (Phi) is 6.16. The van der Waals surface area contributed by atoms with Gasteiger partial charge in [0.2, 0.25) is 11.8 Å². The van der Waals surface area contributed by atoms with Crippen molar-refractivity contribution in [3.63, 3.8) is 0 Å². The van der Waals surface area contributed by atoms with Crippen LogP contribution in [-0.4, -0.2) is 68.6 Å². The van der Waals surface area contributed by atoms with Gasteiger partial charge in [-0.15, -0.1) is 0 Å². The van der Waals surface area contributed by atoms with Crippen LogP contribution in [0.3, 0.4) is 0 Å². The van der Waals surface area contributed by atoms with Crippen molar-refractivity contribution in [1.82, 2.24) is 20.1 Å². The quantitative estimate of drug-likeness (QED) is 0.583. The third-order valence-corrected chi connectivity index (χ3v) is 6.85. The van der Waals surface area contributed by atoms with Crippen LogP contribution in [-0.2, 0) is 33.5 Å². The van der Waals surface area contributed by atoms with E-state index in [9.17, 15) is 37.5 Å². The first kappa shape index (κ1) is 25.7. The van der Waals surface area contributed by atoms with Crippen molar-refractivity contribution in [3.8, 4) is 0 Å². The maximum absolute atomic E-state index is 13.8. The molecule has 13 heteroatoms. The number of carbonyl (C=O) groups excluding carboxylic acids is 3. The first-order chi connectivity index (χ1) is 16.6. The fourth-order valence-corrected chi connectivity index (χ4v) is 5.36. The van der Waals surface area contributed by atoms with Crippen LogP contribution in [0.5, 0.6) is 0 Å². The molecule has 0 spiro atoms. The van der Waals surface area contributed by atoms with Crippen molar-refractivity contribution in [2.24, 2.45) is 11.3 Å². The van der Waals surface area contributed by atoms with E-state index in [1.807, 2.05) is 0 Å². The van der Waals surface area contributed by atoms with Crippen molar-refractivity contribution in [2.45, 2.75) is 64.4 Å². The number of carbonyl (C=O) groups is 4. The minimum absolute atomic E-state index is 0.114. The van der Waals surface area contributed by atoms with E-state index >= 15 is 0 Å². The van der Waals surface area contributed by atoms with Crippen LogP contribution < -0.4 is 5.32 Å². The monoisotopic (exact) mass is 512 g/mol. The van der Waals surface area contributed by atoms with Gasteiger partial charge in [-0.25, -0.2) is 14.5 Å². The predicted octanol–water partition coefficient (Wildman–Crippen LogP) is 2.80. The number of ether oxygens (including phenoxy) is 1. The molecule has 1 saturated heterocycles. The number of likely N-dealkylation sites (tertiary alicyclic amines) is 1. The molecule has 3 atom stereocenters. The van der Waals surface area contributed by atoms with Gasteiger partial charge in [0.1, 0.15) is 11.0 Å². The second kappa shape index (κ2) is 8.63. The molecule has 1 saturated carbocycles. The first-order valence-corrected chi connectivity index (χ1v) is 11.5. The largest absolute Gasteiger partial charge is 0.465 e. The molecule has 0 bridgehead atoms. The highest BCUT2D eigenvalue weighted by molar-refractivity contribution is 6.11. The SMILES string of the molecule is CC(C)(C)OC(=O)NC1CC2CN(C(=O)O)C(=O)C2(C(=O)N2CCc3ncc(C(F)(F)F)cc3C2)C1. The fraction of sp³-hybridized carbons (Fsp3) is 0.609. The van der Waals surface area contributed by atoms with E-state index in [0.717, 1.165) is 12.3 Å². The Bertz CT molecular complexity index is 1120. The summed E-state index contributed by atoms with van der Waals surface area (Å²) in [6, 6.07) is 0.322. The lowest BCUT2D eigenvalue weighted by atomic mass is 9.78. The first-order valence-electron chi connectivity index (χ1n) is 11.5. The molecule has 1 aromatic rings. The van der Waals surface area contributed by atoms with Crippen LogP contribution in [0.25, 0.3) is 0 Å². The number of hydrogen-bond donors (Lipinski definition) is 2. The van der Waals surface area contributed by atoms with Gasteiger partial charge in [-0.2, -0.15) is 13.2 Å². The van der Waals surface area contributed by atoms with E-state index in [2.05, 4.69) is 10.3 Å². The Hall–Kier alpha value is -3.38. The molecule has 1 aromatic heterocycles. The number of fused-ring (bicyclic) bond motifs is 2. The van der Waals surface area contributed by atoms with Crippen molar-refractivity contribution in [3.05, 3.63) is 29.1 Å². The number of alkyl carbamates (subject to hydrolysis) is 1. The molecule has 1 aliphatic carbocycles. The number of halogens is 3. The maximum atomic E-state index is 13.8. The molecule has 36 heavy (non-hydrogen) atoms. The zero-order valence-electron chi connectivity index (χ0n) is 20.0. The average molecular weight is 512 g/mol. The van der Waals surface area contributed by atoms with Gasteiger partial charge < -0.3 is 20.1 Å². The number of amides is 4. The number of carboxylic acid groups (broad SMARTS) is 1. The van der Waals surface area contributed by atoms with Gasteiger partial charge in [-0.3, -0.25) is 14.6 Å². The van der Waals surface area contributed by atoms with Gasteiger partial charge in [-0.1, -0.05) is 0 Å². The molecule has 3 unspecified atom stereocenters. The summed E-state index contributed by atoms with van der Waals surface area (Å²) in [5.74, 6) is -2.24. The van der Waals surface area contributed by atoms with E-state index in [0.29, 0.717) is 10.6 Å². The minimum Gasteiger partial charge on any atom is -0.465 e. The van der Waals surface area contributed by atoms with Crippen LogP contribution in [0.15, 0.2) is 12.3 Å². The van der Waals surface area contributed by atoms with E-state index in [1.54, 1.807) is 20.8 Å². The van der Waals surface area contributed by atoms with Crippen LogP contribution in [0.2, 0.25) is 0 Å². The Morgan fingerprint density at radius 3 is 2.56 bits per heavy atom. The number of imide groups is 1. The molecule has 196 valence electrons. The molecule has 10 nitrogen and oxygen atoms in total. The smallest absolute Gasteiger partial charge is 0.417 e. The lowest BCUT2D eigenvalue weighted by Gasteiger charge is -2.36. The zero-order chi connectivity index (χ0) is 26.6. The molecule has 4 rings (SSSR count). The highest BCUT2D eigenvalue weighted by atomic mass is 19.4. The van der Waals surface area contributed by atoms with Crippen LogP contribution in [0, 0.1) is 11.3 Å². The summed E-state index contributed by atoms with van der Waals surface area (Å²) in [5, 5.41) is 12.2. The molecular weight excluding hydrogens is 485 g/mol. The molecule has 2 fully saturated rings. The predicted molar refractivity (Wildman–Crippen MR) is 116 cm³/mol. The lowest BCUT2D eigenvalue weighted by molar-refractivity contribution is -0.152. The van der Waals surface area contributed by atoms with Gasteiger partial charge in [0.25, 0.3) is 0 Å². The van der Waals surface area contributed by atoms with Gasteiger partial charge in [0, 0.05) is 49.9 Å². The normalized spacial score (nSPS) is 25.9. The molecule has 0 radical (unpaired) electrons. The number of aromatic nitrogens is 1. The summed E-state index contributed by atoms with van der Waals surface area (Å²) in [4.78, 5) is 56.9. The molecule has 4 amide bonds. The number of alkyl halides is 3. The van der Waals surface area contributed by atoms with Crippen LogP contribution >= 0.6 is 0 Å². The Labute approximate surface area is 204 Å². The second-order valence-corrected chi connectivity index (χ2v) is 10.5. The van der Waals surface area contributed by atoms with E-state index in [-0.39, 0.29) is 44.5 Å². The average Bonchev–Trinajstić information content (AvgIpc) is 3.24. The molecule has 2 N–H and O–H groups in total. The summed E-state index contributed by atoms with van der Waals surface area (Å²) in [6.07, 6.45) is -5.84. The Morgan fingerprint density at radius 2 is 1.94 bits per heavy atom. The van der Waals surface area contributed by atoms with Crippen molar-refractivity contribution < 1.29 is 42.2 Å². The topological polar surface area (TPSA) is 129 Å². The number of pyridine rings is 1. The van der Waals surface area contributed by atoms with Crippen molar-refractivity contribution in [1.29, 1.82) is 0 Å². The third kappa shape index (κ3) is 4.58. The zero-order valence-corrected chi connectivity index (χ0v) is 20.0. The number of rotatable bonds is 2. The van der Waals surface area contributed by atoms with Gasteiger partial charge in [-0.05, 0) is 45.2 Å². The van der Waals surface area contributed by atoms with E-state index in [4.69, 9.17) is 4.74 Å². The molecule has 2 aliphatic heterocycles. The minimum atomic E-state index is -4.60. The van der Waals surface area contributed by atoms with E-state index < -0.39 is 58.7 Å². The summed E-state index contributed by atoms with van der Waals surface area (Å²) >= 11 is 0. The summed E-state index contributed by atoms with van der Waals surface area (Å²) in [5.41, 5.74) is -2.80.